The molecule has 1 aromatic rings. The Morgan fingerprint density at radius 2 is 1.93 bits per heavy atom. The molecule has 2 aliphatic heterocycles. The van der Waals surface area contributed by atoms with Crippen LogP contribution >= 0.6 is 11.6 Å². The number of benzene rings is 1. The summed E-state index contributed by atoms with van der Waals surface area (Å²) < 4.78 is 15.9. The fourth-order valence-corrected chi connectivity index (χ4v) is 4.54. The predicted octanol–water partition coefficient (Wildman–Crippen LogP) is 3.85. The Bertz CT molecular complexity index is 960. The lowest BCUT2D eigenvalue weighted by molar-refractivity contribution is -0.136. The molecule has 0 spiro atoms. The molecule has 0 bridgehead atoms. The molecule has 1 aromatic carbocycles. The van der Waals surface area contributed by atoms with Crippen LogP contribution < -0.4 is 14.8 Å². The first-order valence-electron chi connectivity index (χ1n) is 9.13. The molecule has 148 valence electrons. The second-order valence-corrected chi connectivity index (χ2v) is 8.56. The molecule has 0 amide bonds. The van der Waals surface area contributed by atoms with Gasteiger partial charge in [-0.2, -0.15) is 0 Å². The molecule has 0 saturated carbocycles. The standard InChI is InChI=1S/C21H22ClNO5/c1-10-17(20(25)26-4)18(11-5-15-16(6-12(11)22)28-9-27-15)19-13(23-10)7-21(2,3)8-14(19)24/h5-6,18,23H,7-9H2,1-4H3. The number of methoxy groups -OCH3 is 1. The zero-order valence-electron chi connectivity index (χ0n) is 16.3. The summed E-state index contributed by atoms with van der Waals surface area (Å²) in [6, 6.07) is 3.43. The first kappa shape index (κ1) is 18.9. The van der Waals surface area contributed by atoms with Crippen LogP contribution in [0.1, 0.15) is 45.1 Å². The van der Waals surface area contributed by atoms with E-state index in [1.54, 1.807) is 12.1 Å². The average molecular weight is 404 g/mol. The number of carbonyl (C=O) groups excluding carboxylic acids is 2. The van der Waals surface area contributed by atoms with E-state index < -0.39 is 11.9 Å². The molecular formula is C21H22ClNO5. The molecule has 2 heterocycles. The van der Waals surface area contributed by atoms with Gasteiger partial charge in [0.2, 0.25) is 6.79 Å². The van der Waals surface area contributed by atoms with Gasteiger partial charge >= 0.3 is 5.97 Å². The summed E-state index contributed by atoms with van der Waals surface area (Å²) >= 11 is 6.57. The summed E-state index contributed by atoms with van der Waals surface area (Å²) in [7, 11) is 1.33. The number of fused-ring (bicyclic) bond motifs is 1. The smallest absolute Gasteiger partial charge is 0.336 e. The third-order valence-electron chi connectivity index (χ3n) is 5.45. The maximum absolute atomic E-state index is 13.2. The topological polar surface area (TPSA) is 73.9 Å². The first-order valence-corrected chi connectivity index (χ1v) is 9.51. The molecule has 4 rings (SSSR count). The molecule has 0 fully saturated rings. The van der Waals surface area contributed by atoms with Crippen molar-refractivity contribution < 1.29 is 23.8 Å². The lowest BCUT2D eigenvalue weighted by Crippen LogP contribution is -2.38. The van der Waals surface area contributed by atoms with E-state index >= 15 is 0 Å². The quantitative estimate of drug-likeness (QED) is 0.756. The molecule has 0 radical (unpaired) electrons. The number of Topliss-reactive ketones (excluding diaryl/α,β-unsaturated/α-hetero) is 1. The van der Waals surface area contributed by atoms with Crippen LogP contribution in [0.5, 0.6) is 11.5 Å². The number of esters is 1. The van der Waals surface area contributed by atoms with Crippen LogP contribution in [0.2, 0.25) is 5.02 Å². The summed E-state index contributed by atoms with van der Waals surface area (Å²) in [6.45, 7) is 6.05. The molecule has 1 unspecified atom stereocenters. The summed E-state index contributed by atoms with van der Waals surface area (Å²) in [5.41, 5.74) is 2.93. The molecule has 1 atom stereocenters. The van der Waals surface area contributed by atoms with E-state index in [-0.39, 0.29) is 18.0 Å². The van der Waals surface area contributed by atoms with E-state index in [9.17, 15) is 9.59 Å². The van der Waals surface area contributed by atoms with Crippen LogP contribution in [0.3, 0.4) is 0 Å². The number of ketones is 1. The van der Waals surface area contributed by atoms with E-state index in [1.807, 2.05) is 6.92 Å². The molecule has 1 N–H and O–H groups in total. The van der Waals surface area contributed by atoms with Crippen molar-refractivity contribution in [1.82, 2.24) is 5.32 Å². The number of carbonyl (C=O) groups is 2. The Morgan fingerprint density at radius 1 is 1.25 bits per heavy atom. The SMILES string of the molecule is COC(=O)C1=C(C)NC2=C(C(=O)CC(C)(C)C2)C1c1cc2c(cc1Cl)OCO2. The van der Waals surface area contributed by atoms with E-state index in [0.29, 0.717) is 51.8 Å². The van der Waals surface area contributed by atoms with Crippen LogP contribution in [-0.2, 0) is 14.3 Å². The van der Waals surface area contributed by atoms with Gasteiger partial charge in [0.05, 0.1) is 12.7 Å². The van der Waals surface area contributed by atoms with Crippen LogP contribution in [0.25, 0.3) is 0 Å². The zero-order chi connectivity index (χ0) is 20.2. The van der Waals surface area contributed by atoms with Gasteiger partial charge in [0.15, 0.2) is 17.3 Å². The van der Waals surface area contributed by atoms with Crippen LogP contribution in [0.4, 0.5) is 0 Å². The second-order valence-electron chi connectivity index (χ2n) is 8.15. The Hall–Kier alpha value is -2.47. The minimum atomic E-state index is -0.616. The van der Waals surface area contributed by atoms with Gasteiger partial charge in [0.1, 0.15) is 0 Å². The Labute approximate surface area is 168 Å². The van der Waals surface area contributed by atoms with Crippen molar-refractivity contribution in [3.8, 4) is 11.5 Å². The number of hydrogen-bond donors (Lipinski definition) is 1. The summed E-state index contributed by atoms with van der Waals surface area (Å²) in [6.07, 6.45) is 1.11. The number of halogens is 1. The fourth-order valence-electron chi connectivity index (χ4n) is 4.28. The molecule has 6 nitrogen and oxygen atoms in total. The van der Waals surface area contributed by atoms with Gasteiger partial charge < -0.3 is 19.5 Å². The molecule has 0 saturated heterocycles. The third-order valence-corrected chi connectivity index (χ3v) is 5.78. The Kier molecular flexibility index (Phi) is 4.42. The maximum Gasteiger partial charge on any atom is 0.336 e. The lowest BCUT2D eigenvalue weighted by Gasteiger charge is -2.39. The number of rotatable bonds is 2. The average Bonchev–Trinajstić information content (AvgIpc) is 3.05. The number of dihydropyridines is 1. The van der Waals surface area contributed by atoms with Crippen LogP contribution in [0.15, 0.2) is 34.7 Å². The van der Waals surface area contributed by atoms with E-state index in [4.69, 9.17) is 25.8 Å². The molecule has 0 aromatic heterocycles. The van der Waals surface area contributed by atoms with Gasteiger partial charge in [-0.1, -0.05) is 25.4 Å². The van der Waals surface area contributed by atoms with E-state index in [2.05, 4.69) is 19.2 Å². The molecular weight excluding hydrogens is 382 g/mol. The normalized spacial score (nSPS) is 22.8. The Balaban J connectivity index is 1.94. The monoisotopic (exact) mass is 403 g/mol. The van der Waals surface area contributed by atoms with Crippen molar-refractivity contribution in [1.29, 1.82) is 0 Å². The predicted molar refractivity (Wildman–Crippen MR) is 103 cm³/mol. The van der Waals surface area contributed by atoms with Gasteiger partial charge in [-0.25, -0.2) is 4.79 Å². The molecule has 1 aliphatic carbocycles. The van der Waals surface area contributed by atoms with Crippen molar-refractivity contribution in [2.45, 2.75) is 39.5 Å². The van der Waals surface area contributed by atoms with Gasteiger partial charge in [0.25, 0.3) is 0 Å². The third kappa shape index (κ3) is 2.96. The largest absolute Gasteiger partial charge is 0.466 e. The van der Waals surface area contributed by atoms with Crippen molar-refractivity contribution in [2.24, 2.45) is 5.41 Å². The summed E-state index contributed by atoms with van der Waals surface area (Å²) in [5, 5.41) is 3.69. The van der Waals surface area contributed by atoms with Crippen molar-refractivity contribution in [3.63, 3.8) is 0 Å². The fraction of sp³-hybridized carbons (Fsp3) is 0.429. The van der Waals surface area contributed by atoms with E-state index in [1.165, 1.54) is 7.11 Å². The highest BCUT2D eigenvalue weighted by Gasteiger charge is 2.44. The van der Waals surface area contributed by atoms with Crippen molar-refractivity contribution in [3.05, 3.63) is 45.3 Å². The number of ether oxygens (including phenoxy) is 3. The number of hydrogen-bond acceptors (Lipinski definition) is 6. The van der Waals surface area contributed by atoms with Crippen molar-refractivity contribution >= 4 is 23.4 Å². The highest BCUT2D eigenvalue weighted by Crippen LogP contribution is 2.50. The van der Waals surface area contributed by atoms with Crippen molar-refractivity contribution in [2.75, 3.05) is 13.9 Å². The minimum absolute atomic E-state index is 0.00591. The number of nitrogens with one attached hydrogen (secondary N) is 1. The maximum atomic E-state index is 13.2. The highest BCUT2D eigenvalue weighted by atomic mass is 35.5. The Morgan fingerprint density at radius 3 is 2.61 bits per heavy atom. The van der Waals surface area contributed by atoms with Gasteiger partial charge in [0, 0.05) is 40.4 Å². The molecule has 7 heteroatoms. The summed E-state index contributed by atoms with van der Waals surface area (Å²) in [5.74, 6) is -0.00699. The van der Waals surface area contributed by atoms with E-state index in [0.717, 1.165) is 5.70 Å². The summed E-state index contributed by atoms with van der Waals surface area (Å²) in [4.78, 5) is 25.8. The van der Waals surface area contributed by atoms with Gasteiger partial charge in [-0.15, -0.1) is 0 Å². The highest BCUT2D eigenvalue weighted by molar-refractivity contribution is 6.32. The number of allylic oxidation sites excluding steroid dienone is 3. The van der Waals surface area contributed by atoms with Crippen LogP contribution in [-0.4, -0.2) is 25.7 Å². The first-order chi connectivity index (χ1) is 13.2. The van der Waals surface area contributed by atoms with Crippen LogP contribution in [0, 0.1) is 5.41 Å². The zero-order valence-corrected chi connectivity index (χ0v) is 17.0. The molecule has 3 aliphatic rings. The van der Waals surface area contributed by atoms with Gasteiger partial charge in [-0.05, 0) is 30.4 Å². The minimum Gasteiger partial charge on any atom is -0.466 e. The second kappa shape index (κ2) is 6.55. The molecule has 28 heavy (non-hydrogen) atoms. The van der Waals surface area contributed by atoms with Gasteiger partial charge in [-0.3, -0.25) is 4.79 Å². The lowest BCUT2D eigenvalue weighted by atomic mass is 9.68.